The highest BCUT2D eigenvalue weighted by molar-refractivity contribution is 5.96. The van der Waals surface area contributed by atoms with Gasteiger partial charge in [0.05, 0.1) is 18.2 Å². The summed E-state index contributed by atoms with van der Waals surface area (Å²) in [6.45, 7) is 1.94. The monoisotopic (exact) mass is 422 g/mol. The Kier molecular flexibility index (Phi) is 6.01. The Balaban J connectivity index is 1.43. The second-order valence-corrected chi connectivity index (χ2v) is 8.56. The number of hydrogen-bond donors (Lipinski definition) is 1. The van der Waals surface area contributed by atoms with Gasteiger partial charge in [-0.25, -0.2) is 9.37 Å². The van der Waals surface area contributed by atoms with Gasteiger partial charge in [0, 0.05) is 35.8 Å². The fraction of sp³-hybridized carbons (Fsp3) is 0.400. The molecule has 1 aliphatic carbocycles. The third-order valence-electron chi connectivity index (χ3n) is 6.70. The molecule has 1 N–H and O–H groups in total. The molecule has 0 amide bonds. The zero-order valence-corrected chi connectivity index (χ0v) is 17.8. The first-order valence-electron chi connectivity index (χ1n) is 10.7. The summed E-state index contributed by atoms with van der Waals surface area (Å²) in [5.41, 5.74) is 1.50. The van der Waals surface area contributed by atoms with E-state index in [-0.39, 0.29) is 29.9 Å². The van der Waals surface area contributed by atoms with Crippen LogP contribution in [0, 0.1) is 11.7 Å². The van der Waals surface area contributed by atoms with Crippen molar-refractivity contribution in [2.75, 3.05) is 7.11 Å². The van der Waals surface area contributed by atoms with Crippen molar-refractivity contribution in [2.24, 2.45) is 5.92 Å². The van der Waals surface area contributed by atoms with Crippen LogP contribution >= 0.6 is 0 Å². The number of methoxy groups -OCH3 is 1. The number of aromatic nitrogens is 2. The van der Waals surface area contributed by atoms with Crippen LogP contribution in [-0.4, -0.2) is 33.6 Å². The maximum absolute atomic E-state index is 13.8. The lowest BCUT2D eigenvalue weighted by Gasteiger charge is -2.40. The predicted octanol–water partition coefficient (Wildman–Crippen LogP) is 5.08. The summed E-state index contributed by atoms with van der Waals surface area (Å²) < 4.78 is 18.8. The minimum absolute atomic E-state index is 0.0335. The van der Waals surface area contributed by atoms with Gasteiger partial charge in [0.25, 0.3) is 0 Å². The fourth-order valence-electron chi connectivity index (χ4n) is 4.67. The van der Waals surface area contributed by atoms with Crippen LogP contribution < -0.4 is 4.74 Å². The SMILES string of the molecule is COc1ccc(C(=O)C[C@@H](C)C2(O)CCC(c3ccnc4ccc(F)cc34)CC2)cn1. The number of Topliss-reactive ketones (excluding diaryl/α,β-unsaturated/α-hetero) is 1. The molecule has 0 saturated heterocycles. The zero-order chi connectivity index (χ0) is 22.0. The molecular formula is C25H27FN2O3. The van der Waals surface area contributed by atoms with Gasteiger partial charge in [-0.15, -0.1) is 0 Å². The second kappa shape index (κ2) is 8.71. The van der Waals surface area contributed by atoms with E-state index in [0.29, 0.717) is 24.3 Å². The topological polar surface area (TPSA) is 72.3 Å². The predicted molar refractivity (Wildman–Crippen MR) is 117 cm³/mol. The summed E-state index contributed by atoms with van der Waals surface area (Å²) in [4.78, 5) is 21.1. The van der Waals surface area contributed by atoms with Crippen LogP contribution in [0.3, 0.4) is 0 Å². The number of ether oxygens (including phenoxy) is 1. The average Bonchev–Trinajstić information content (AvgIpc) is 2.79. The van der Waals surface area contributed by atoms with Gasteiger partial charge in [0.2, 0.25) is 5.88 Å². The maximum atomic E-state index is 13.8. The molecule has 0 unspecified atom stereocenters. The van der Waals surface area contributed by atoms with Crippen molar-refractivity contribution in [1.82, 2.24) is 9.97 Å². The van der Waals surface area contributed by atoms with E-state index < -0.39 is 5.60 Å². The van der Waals surface area contributed by atoms with Gasteiger partial charge in [-0.2, -0.15) is 0 Å². The Labute approximate surface area is 181 Å². The van der Waals surface area contributed by atoms with Crippen LogP contribution in [0.15, 0.2) is 48.8 Å². The van der Waals surface area contributed by atoms with Gasteiger partial charge < -0.3 is 9.84 Å². The van der Waals surface area contributed by atoms with Gasteiger partial charge in [0.15, 0.2) is 5.78 Å². The summed E-state index contributed by atoms with van der Waals surface area (Å²) >= 11 is 0. The van der Waals surface area contributed by atoms with Crippen molar-refractivity contribution < 1.29 is 19.0 Å². The lowest BCUT2D eigenvalue weighted by molar-refractivity contribution is -0.0471. The number of carbonyl (C=O) groups excluding carboxylic acids is 1. The highest BCUT2D eigenvalue weighted by atomic mass is 19.1. The van der Waals surface area contributed by atoms with E-state index in [1.54, 1.807) is 30.5 Å². The number of carbonyl (C=O) groups is 1. The first-order valence-corrected chi connectivity index (χ1v) is 10.7. The van der Waals surface area contributed by atoms with Crippen LogP contribution in [0.1, 0.15) is 60.9 Å². The number of aliphatic hydroxyl groups is 1. The summed E-state index contributed by atoms with van der Waals surface area (Å²) in [7, 11) is 1.53. The van der Waals surface area contributed by atoms with E-state index in [0.717, 1.165) is 29.3 Å². The number of rotatable bonds is 6. The van der Waals surface area contributed by atoms with E-state index in [4.69, 9.17) is 4.74 Å². The number of benzene rings is 1. The minimum atomic E-state index is -0.889. The first-order chi connectivity index (χ1) is 14.9. The maximum Gasteiger partial charge on any atom is 0.212 e. The van der Waals surface area contributed by atoms with Crippen molar-refractivity contribution in [3.8, 4) is 5.88 Å². The molecule has 2 heterocycles. The van der Waals surface area contributed by atoms with E-state index >= 15 is 0 Å². The quantitative estimate of drug-likeness (QED) is 0.561. The Bertz CT molecular complexity index is 1080. The van der Waals surface area contributed by atoms with E-state index in [1.807, 2.05) is 13.0 Å². The van der Waals surface area contributed by atoms with Crippen LogP contribution in [0.2, 0.25) is 0 Å². The van der Waals surface area contributed by atoms with Crippen LogP contribution in [0.4, 0.5) is 4.39 Å². The summed E-state index contributed by atoms with van der Waals surface area (Å²) in [5, 5.41) is 12.1. The van der Waals surface area contributed by atoms with E-state index in [9.17, 15) is 14.3 Å². The lowest BCUT2D eigenvalue weighted by Crippen LogP contribution is -2.41. The van der Waals surface area contributed by atoms with Crippen molar-refractivity contribution in [3.05, 3.63) is 65.7 Å². The third-order valence-corrected chi connectivity index (χ3v) is 6.70. The van der Waals surface area contributed by atoms with Crippen LogP contribution in [0.25, 0.3) is 10.9 Å². The Morgan fingerprint density at radius 1 is 1.23 bits per heavy atom. The van der Waals surface area contributed by atoms with Crippen molar-refractivity contribution in [1.29, 1.82) is 0 Å². The molecule has 4 rings (SSSR count). The Morgan fingerprint density at radius 2 is 2.00 bits per heavy atom. The number of pyridine rings is 2. The third kappa shape index (κ3) is 4.44. The van der Waals surface area contributed by atoms with Gasteiger partial charge in [0.1, 0.15) is 5.82 Å². The lowest BCUT2D eigenvalue weighted by atomic mass is 9.69. The molecule has 2 aromatic heterocycles. The van der Waals surface area contributed by atoms with Gasteiger partial charge >= 0.3 is 0 Å². The molecule has 31 heavy (non-hydrogen) atoms. The minimum Gasteiger partial charge on any atom is -0.481 e. The van der Waals surface area contributed by atoms with Crippen molar-refractivity contribution in [2.45, 2.75) is 50.5 Å². The highest BCUT2D eigenvalue weighted by Gasteiger charge is 2.39. The second-order valence-electron chi connectivity index (χ2n) is 8.56. The van der Waals surface area contributed by atoms with Crippen LogP contribution in [-0.2, 0) is 0 Å². The van der Waals surface area contributed by atoms with E-state index in [2.05, 4.69) is 9.97 Å². The molecule has 1 atom stereocenters. The Hall–Kier alpha value is -2.86. The largest absolute Gasteiger partial charge is 0.481 e. The van der Waals surface area contributed by atoms with Crippen LogP contribution in [0.5, 0.6) is 5.88 Å². The molecule has 1 aromatic carbocycles. The van der Waals surface area contributed by atoms with Gasteiger partial charge in [-0.05, 0) is 73.4 Å². The number of nitrogens with zero attached hydrogens (tertiary/aromatic N) is 2. The molecule has 1 saturated carbocycles. The summed E-state index contributed by atoms with van der Waals surface area (Å²) in [6, 6.07) is 10.0. The summed E-state index contributed by atoms with van der Waals surface area (Å²) in [5.74, 6) is 0.226. The van der Waals surface area contributed by atoms with Crippen molar-refractivity contribution >= 4 is 16.7 Å². The Morgan fingerprint density at radius 3 is 2.68 bits per heavy atom. The average molecular weight is 423 g/mol. The molecule has 5 nitrogen and oxygen atoms in total. The number of halogens is 1. The normalized spacial score (nSPS) is 22.3. The smallest absolute Gasteiger partial charge is 0.212 e. The first kappa shape index (κ1) is 21.4. The molecule has 1 aliphatic rings. The molecule has 0 spiro atoms. The van der Waals surface area contributed by atoms with E-state index in [1.165, 1.54) is 19.4 Å². The highest BCUT2D eigenvalue weighted by Crippen LogP contribution is 2.44. The molecule has 3 aromatic rings. The van der Waals surface area contributed by atoms with Crippen molar-refractivity contribution in [3.63, 3.8) is 0 Å². The molecule has 0 bridgehead atoms. The molecule has 162 valence electrons. The number of ketones is 1. The standard InChI is InChI=1S/C25H27FN2O3/c1-16(13-23(29)18-3-6-24(31-2)28-15-18)25(30)10-7-17(8-11-25)20-9-12-27-22-5-4-19(26)14-21(20)22/h3-6,9,12,14-17,30H,7-8,10-11,13H2,1-2H3/t16-,17?,25?/m1/s1. The zero-order valence-electron chi connectivity index (χ0n) is 17.8. The molecular weight excluding hydrogens is 395 g/mol. The van der Waals surface area contributed by atoms with Gasteiger partial charge in [-0.1, -0.05) is 6.92 Å². The molecule has 0 radical (unpaired) electrons. The number of hydrogen-bond acceptors (Lipinski definition) is 5. The number of fused-ring (bicyclic) bond motifs is 1. The summed E-state index contributed by atoms with van der Waals surface area (Å²) in [6.07, 6.45) is 6.32. The van der Waals surface area contributed by atoms with Gasteiger partial charge in [-0.3, -0.25) is 9.78 Å². The molecule has 1 fully saturated rings. The fourth-order valence-corrected chi connectivity index (χ4v) is 4.67. The molecule has 0 aliphatic heterocycles. The molecule has 6 heteroatoms.